The Bertz CT molecular complexity index is 738. The molecular formula is C22H31NO7. The quantitative estimate of drug-likeness (QED) is 0.396. The maximum absolute atomic E-state index is 12.9. The van der Waals surface area contributed by atoms with Crippen LogP contribution in [0.4, 0.5) is 4.79 Å². The first kappa shape index (κ1) is 23.5. The first-order valence-electron chi connectivity index (χ1n) is 9.90. The zero-order valence-electron chi connectivity index (χ0n) is 18.5. The molecule has 0 bridgehead atoms. The molecule has 1 aromatic rings. The minimum absolute atomic E-state index is 0.0787. The van der Waals surface area contributed by atoms with Gasteiger partial charge in [0, 0.05) is 18.5 Å². The van der Waals surface area contributed by atoms with Gasteiger partial charge < -0.3 is 23.8 Å². The molecule has 0 spiro atoms. The molecule has 0 aromatic heterocycles. The Morgan fingerprint density at radius 3 is 2.07 bits per heavy atom. The summed E-state index contributed by atoms with van der Waals surface area (Å²) in [6.07, 6.45) is 0.276. The molecule has 1 heterocycles. The first-order chi connectivity index (χ1) is 14.1. The summed E-state index contributed by atoms with van der Waals surface area (Å²) < 4.78 is 20.4. The van der Waals surface area contributed by atoms with E-state index in [1.54, 1.807) is 32.8 Å². The fraction of sp³-hybridized carbons (Fsp3) is 0.591. The van der Waals surface area contributed by atoms with Gasteiger partial charge in [-0.3, -0.25) is 9.59 Å². The zero-order chi connectivity index (χ0) is 22.5. The van der Waals surface area contributed by atoms with Crippen LogP contribution < -0.4 is 4.74 Å². The summed E-state index contributed by atoms with van der Waals surface area (Å²) in [5.74, 6) is -1.87. The molecule has 2 unspecified atom stereocenters. The summed E-state index contributed by atoms with van der Waals surface area (Å²) in [5.41, 5.74) is 0.324. The number of benzene rings is 1. The van der Waals surface area contributed by atoms with Gasteiger partial charge in [0.15, 0.2) is 5.92 Å². The van der Waals surface area contributed by atoms with E-state index in [2.05, 4.69) is 0 Å². The van der Waals surface area contributed by atoms with E-state index >= 15 is 0 Å². The third kappa shape index (κ3) is 5.64. The molecule has 1 amide bonds. The van der Waals surface area contributed by atoms with Gasteiger partial charge in [0.1, 0.15) is 11.4 Å². The van der Waals surface area contributed by atoms with E-state index in [0.717, 1.165) is 11.3 Å². The molecule has 1 aromatic carbocycles. The van der Waals surface area contributed by atoms with E-state index in [0.29, 0.717) is 13.0 Å². The summed E-state index contributed by atoms with van der Waals surface area (Å²) in [6.45, 7) is 5.83. The van der Waals surface area contributed by atoms with Crippen LogP contribution in [0.25, 0.3) is 0 Å². The molecule has 1 aliphatic rings. The van der Waals surface area contributed by atoms with E-state index in [1.807, 2.05) is 24.3 Å². The monoisotopic (exact) mass is 421 g/mol. The molecule has 1 saturated heterocycles. The van der Waals surface area contributed by atoms with E-state index in [4.69, 9.17) is 18.9 Å². The van der Waals surface area contributed by atoms with Gasteiger partial charge in [-0.25, -0.2) is 4.79 Å². The van der Waals surface area contributed by atoms with Crippen LogP contribution >= 0.6 is 0 Å². The number of ether oxygens (including phenoxy) is 4. The largest absolute Gasteiger partial charge is 0.497 e. The van der Waals surface area contributed by atoms with Crippen molar-refractivity contribution in [2.75, 3.05) is 27.9 Å². The van der Waals surface area contributed by atoms with Crippen LogP contribution in [0.1, 0.15) is 45.1 Å². The van der Waals surface area contributed by atoms with Crippen molar-refractivity contribution in [3.8, 4) is 5.75 Å². The number of esters is 2. The second-order valence-electron chi connectivity index (χ2n) is 8.24. The Kier molecular flexibility index (Phi) is 7.70. The highest BCUT2D eigenvalue weighted by Gasteiger charge is 2.44. The predicted molar refractivity (Wildman–Crippen MR) is 109 cm³/mol. The molecular weight excluding hydrogens is 390 g/mol. The van der Waals surface area contributed by atoms with Crippen molar-refractivity contribution in [3.05, 3.63) is 29.8 Å². The van der Waals surface area contributed by atoms with Crippen LogP contribution in [-0.2, 0) is 23.8 Å². The van der Waals surface area contributed by atoms with Crippen molar-refractivity contribution >= 4 is 18.0 Å². The number of hydrogen-bond donors (Lipinski definition) is 0. The summed E-state index contributed by atoms with van der Waals surface area (Å²) in [4.78, 5) is 39.0. The van der Waals surface area contributed by atoms with Gasteiger partial charge in [0.05, 0.1) is 21.3 Å². The lowest BCUT2D eigenvalue weighted by atomic mass is 9.86. The summed E-state index contributed by atoms with van der Waals surface area (Å²) >= 11 is 0. The van der Waals surface area contributed by atoms with Gasteiger partial charge >= 0.3 is 18.0 Å². The van der Waals surface area contributed by atoms with Crippen molar-refractivity contribution in [2.24, 2.45) is 5.92 Å². The number of carbonyl (C=O) groups is 3. The fourth-order valence-corrected chi connectivity index (χ4v) is 3.75. The van der Waals surface area contributed by atoms with Gasteiger partial charge in [-0.1, -0.05) is 12.1 Å². The number of hydrogen-bond acceptors (Lipinski definition) is 7. The van der Waals surface area contributed by atoms with Crippen LogP contribution in [0.5, 0.6) is 5.75 Å². The Balaban J connectivity index is 2.37. The average Bonchev–Trinajstić information content (AvgIpc) is 3.13. The average molecular weight is 421 g/mol. The minimum atomic E-state index is -1.13. The lowest BCUT2D eigenvalue weighted by Crippen LogP contribution is -2.43. The van der Waals surface area contributed by atoms with Gasteiger partial charge in [-0.15, -0.1) is 0 Å². The SMILES string of the molecule is COC(=O)C(CC1C(c2ccc(OC)cc2)CCN1C(=O)OC(C)(C)C)C(=O)OC. The number of amides is 1. The van der Waals surface area contributed by atoms with Crippen LogP contribution in [0.2, 0.25) is 0 Å². The fourth-order valence-electron chi connectivity index (χ4n) is 3.75. The Morgan fingerprint density at radius 2 is 1.60 bits per heavy atom. The van der Waals surface area contributed by atoms with Crippen molar-refractivity contribution in [1.82, 2.24) is 4.90 Å². The zero-order valence-corrected chi connectivity index (χ0v) is 18.5. The van der Waals surface area contributed by atoms with E-state index in [1.165, 1.54) is 14.2 Å². The molecule has 0 saturated carbocycles. The Morgan fingerprint density at radius 1 is 1.03 bits per heavy atom. The van der Waals surface area contributed by atoms with E-state index in [-0.39, 0.29) is 12.3 Å². The highest BCUT2D eigenvalue weighted by Crippen LogP contribution is 2.38. The van der Waals surface area contributed by atoms with Crippen LogP contribution in [0, 0.1) is 5.92 Å². The summed E-state index contributed by atoms with van der Waals surface area (Å²) in [7, 11) is 4.04. The first-order valence-corrected chi connectivity index (χ1v) is 9.90. The number of rotatable bonds is 6. The third-order valence-electron chi connectivity index (χ3n) is 5.17. The molecule has 8 heteroatoms. The van der Waals surface area contributed by atoms with Gasteiger partial charge in [0.25, 0.3) is 0 Å². The van der Waals surface area contributed by atoms with Crippen molar-refractivity contribution in [1.29, 1.82) is 0 Å². The molecule has 1 aliphatic heterocycles. The maximum atomic E-state index is 12.9. The molecule has 30 heavy (non-hydrogen) atoms. The van der Waals surface area contributed by atoms with Crippen molar-refractivity contribution in [2.45, 2.75) is 51.2 Å². The van der Waals surface area contributed by atoms with Gasteiger partial charge in [-0.2, -0.15) is 0 Å². The second kappa shape index (κ2) is 9.82. The Hall–Kier alpha value is -2.77. The van der Waals surface area contributed by atoms with E-state index in [9.17, 15) is 14.4 Å². The smallest absolute Gasteiger partial charge is 0.410 e. The predicted octanol–water partition coefficient (Wildman–Crippen LogP) is 3.14. The standard InChI is InChI=1S/C22H31NO7/c1-22(2,3)30-21(26)23-12-11-16(14-7-9-15(27-4)10-8-14)18(23)13-17(19(24)28-5)20(25)29-6/h7-10,16-18H,11-13H2,1-6H3. The molecule has 166 valence electrons. The normalized spacial score (nSPS) is 18.8. The molecule has 1 fully saturated rings. The van der Waals surface area contributed by atoms with Gasteiger partial charge in [-0.05, 0) is 51.3 Å². The molecule has 0 aliphatic carbocycles. The lowest BCUT2D eigenvalue weighted by Gasteiger charge is -2.32. The van der Waals surface area contributed by atoms with Crippen LogP contribution in [-0.4, -0.2) is 62.4 Å². The molecule has 8 nitrogen and oxygen atoms in total. The number of likely N-dealkylation sites (tertiary alicyclic amines) is 1. The third-order valence-corrected chi connectivity index (χ3v) is 5.17. The van der Waals surface area contributed by atoms with Crippen molar-refractivity contribution < 1.29 is 33.3 Å². The number of nitrogens with zero attached hydrogens (tertiary/aromatic N) is 1. The topological polar surface area (TPSA) is 91.4 Å². The summed E-state index contributed by atoms with van der Waals surface area (Å²) in [5, 5.41) is 0. The molecule has 2 rings (SSSR count). The molecule has 0 N–H and O–H groups in total. The number of methoxy groups -OCH3 is 3. The maximum Gasteiger partial charge on any atom is 0.410 e. The highest BCUT2D eigenvalue weighted by molar-refractivity contribution is 5.94. The number of carbonyl (C=O) groups excluding carboxylic acids is 3. The minimum Gasteiger partial charge on any atom is -0.497 e. The summed E-state index contributed by atoms with van der Waals surface area (Å²) in [6, 6.07) is 7.12. The van der Waals surface area contributed by atoms with Crippen LogP contribution in [0.3, 0.4) is 0 Å². The lowest BCUT2D eigenvalue weighted by molar-refractivity contribution is -0.159. The second-order valence-corrected chi connectivity index (χ2v) is 8.24. The molecule has 0 radical (unpaired) electrons. The highest BCUT2D eigenvalue weighted by atomic mass is 16.6. The van der Waals surface area contributed by atoms with E-state index < -0.39 is 35.6 Å². The van der Waals surface area contributed by atoms with Crippen LogP contribution in [0.15, 0.2) is 24.3 Å². The van der Waals surface area contributed by atoms with Crippen molar-refractivity contribution in [3.63, 3.8) is 0 Å². The van der Waals surface area contributed by atoms with Gasteiger partial charge in [0.2, 0.25) is 0 Å². The Labute approximate surface area is 177 Å². The molecule has 2 atom stereocenters.